The maximum absolute atomic E-state index is 12.5. The van der Waals surface area contributed by atoms with Crippen molar-refractivity contribution in [2.24, 2.45) is 0 Å². The van der Waals surface area contributed by atoms with E-state index in [0.717, 1.165) is 24.0 Å². The molecule has 0 aromatic heterocycles. The molecular formula is C23H27NO5. The summed E-state index contributed by atoms with van der Waals surface area (Å²) in [7, 11) is 0. The first kappa shape index (κ1) is 20.7. The van der Waals surface area contributed by atoms with E-state index in [-0.39, 0.29) is 18.6 Å². The van der Waals surface area contributed by atoms with E-state index < -0.39 is 11.6 Å². The van der Waals surface area contributed by atoms with Gasteiger partial charge in [-0.05, 0) is 49.9 Å². The summed E-state index contributed by atoms with van der Waals surface area (Å²) in [6.45, 7) is 4.54. The fourth-order valence-corrected chi connectivity index (χ4v) is 3.40. The smallest absolute Gasteiger partial charge is 0.410 e. The molecule has 0 bridgehead atoms. The lowest BCUT2D eigenvalue weighted by atomic mass is 9.90. The minimum atomic E-state index is -1.31. The number of ether oxygens (including phenoxy) is 2. The monoisotopic (exact) mass is 397 g/mol. The van der Waals surface area contributed by atoms with Crippen LogP contribution in [0.25, 0.3) is 0 Å². The summed E-state index contributed by atoms with van der Waals surface area (Å²) >= 11 is 0. The highest BCUT2D eigenvalue weighted by Gasteiger charge is 2.30. The average Bonchev–Trinajstić information content (AvgIpc) is 2.72. The van der Waals surface area contributed by atoms with Crippen molar-refractivity contribution in [3.63, 3.8) is 0 Å². The van der Waals surface area contributed by atoms with Gasteiger partial charge in [-0.1, -0.05) is 42.5 Å². The van der Waals surface area contributed by atoms with Crippen molar-refractivity contribution in [2.45, 2.75) is 44.8 Å². The molecule has 0 aliphatic carbocycles. The highest BCUT2D eigenvalue weighted by atomic mass is 16.6. The van der Waals surface area contributed by atoms with E-state index in [0.29, 0.717) is 18.8 Å². The van der Waals surface area contributed by atoms with Gasteiger partial charge in [0.05, 0.1) is 0 Å². The first-order valence-corrected chi connectivity index (χ1v) is 9.83. The van der Waals surface area contributed by atoms with Crippen LogP contribution in [0.3, 0.4) is 0 Å². The quantitative estimate of drug-likeness (QED) is 0.780. The Hall–Kier alpha value is -3.02. The van der Waals surface area contributed by atoms with Crippen molar-refractivity contribution in [1.82, 2.24) is 4.90 Å². The van der Waals surface area contributed by atoms with Crippen LogP contribution in [0.2, 0.25) is 0 Å². The number of hydrogen-bond donors (Lipinski definition) is 1. The number of carboxylic acids is 1. The van der Waals surface area contributed by atoms with E-state index in [1.165, 1.54) is 13.8 Å². The Balaban J connectivity index is 1.62. The third-order valence-corrected chi connectivity index (χ3v) is 5.10. The fourth-order valence-electron chi connectivity index (χ4n) is 3.40. The molecule has 1 aliphatic rings. The number of benzene rings is 2. The third kappa shape index (κ3) is 5.50. The van der Waals surface area contributed by atoms with Crippen LogP contribution in [0.1, 0.15) is 43.7 Å². The van der Waals surface area contributed by atoms with Gasteiger partial charge in [-0.25, -0.2) is 9.59 Å². The summed E-state index contributed by atoms with van der Waals surface area (Å²) < 4.78 is 11.1. The van der Waals surface area contributed by atoms with Crippen molar-refractivity contribution in [1.29, 1.82) is 0 Å². The first-order valence-electron chi connectivity index (χ1n) is 9.83. The molecule has 1 heterocycles. The largest absolute Gasteiger partial charge is 0.478 e. The zero-order valence-corrected chi connectivity index (χ0v) is 16.8. The molecule has 1 aliphatic heterocycles. The Morgan fingerprint density at radius 3 is 2.62 bits per heavy atom. The molecule has 1 saturated heterocycles. The van der Waals surface area contributed by atoms with Crippen molar-refractivity contribution in [3.05, 3.63) is 65.7 Å². The van der Waals surface area contributed by atoms with Gasteiger partial charge in [-0.3, -0.25) is 0 Å². The molecule has 2 aromatic rings. The van der Waals surface area contributed by atoms with E-state index in [1.54, 1.807) is 11.0 Å². The van der Waals surface area contributed by atoms with Gasteiger partial charge in [0.25, 0.3) is 0 Å². The van der Waals surface area contributed by atoms with Crippen LogP contribution in [-0.2, 0) is 16.1 Å². The number of nitrogens with zero attached hydrogens (tertiary/aromatic N) is 1. The van der Waals surface area contributed by atoms with Crippen LogP contribution in [0.15, 0.2) is 54.6 Å². The zero-order chi connectivity index (χ0) is 20.9. The SMILES string of the molecule is CC(C)(Oc1cccc(C2CCCN(C(=O)OCc3ccccc3)C2)c1)C(=O)O. The van der Waals surface area contributed by atoms with Gasteiger partial charge in [0.1, 0.15) is 12.4 Å². The Labute approximate surface area is 171 Å². The number of hydrogen-bond acceptors (Lipinski definition) is 4. The molecule has 6 nitrogen and oxygen atoms in total. The number of carboxylic acid groups (broad SMARTS) is 1. The number of carbonyl (C=O) groups excluding carboxylic acids is 1. The van der Waals surface area contributed by atoms with E-state index in [4.69, 9.17) is 9.47 Å². The summed E-state index contributed by atoms with van der Waals surface area (Å²) in [6, 6.07) is 17.1. The van der Waals surface area contributed by atoms with Crippen molar-refractivity contribution in [3.8, 4) is 5.75 Å². The van der Waals surface area contributed by atoms with Gasteiger partial charge >= 0.3 is 12.1 Å². The maximum atomic E-state index is 12.5. The Bertz CT molecular complexity index is 849. The van der Waals surface area contributed by atoms with Gasteiger partial charge in [-0.15, -0.1) is 0 Å². The molecule has 1 amide bonds. The molecule has 2 aromatic carbocycles. The van der Waals surface area contributed by atoms with Crippen molar-refractivity contribution in [2.75, 3.05) is 13.1 Å². The molecule has 6 heteroatoms. The molecular weight excluding hydrogens is 370 g/mol. The summed E-state index contributed by atoms with van der Waals surface area (Å²) in [5.74, 6) is -0.351. The third-order valence-electron chi connectivity index (χ3n) is 5.10. The molecule has 29 heavy (non-hydrogen) atoms. The lowest BCUT2D eigenvalue weighted by molar-refractivity contribution is -0.152. The molecule has 1 fully saturated rings. The van der Waals surface area contributed by atoms with Gasteiger partial charge in [0.2, 0.25) is 0 Å². The minimum absolute atomic E-state index is 0.157. The van der Waals surface area contributed by atoms with Gasteiger partial charge in [0.15, 0.2) is 5.60 Å². The predicted octanol–water partition coefficient (Wildman–Crippen LogP) is 4.44. The lowest BCUT2D eigenvalue weighted by Gasteiger charge is -2.32. The molecule has 0 radical (unpaired) electrons. The number of likely N-dealkylation sites (tertiary alicyclic amines) is 1. The second kappa shape index (κ2) is 8.99. The maximum Gasteiger partial charge on any atom is 0.410 e. The Morgan fingerprint density at radius 2 is 1.90 bits per heavy atom. The van der Waals surface area contributed by atoms with Crippen molar-refractivity contribution >= 4 is 12.1 Å². The molecule has 1 N–H and O–H groups in total. The van der Waals surface area contributed by atoms with Crippen LogP contribution >= 0.6 is 0 Å². The number of carbonyl (C=O) groups is 2. The van der Waals surface area contributed by atoms with E-state index in [2.05, 4.69) is 0 Å². The highest BCUT2D eigenvalue weighted by molar-refractivity contribution is 5.76. The van der Waals surface area contributed by atoms with E-state index >= 15 is 0 Å². The van der Waals surface area contributed by atoms with Crippen molar-refractivity contribution < 1.29 is 24.2 Å². The Morgan fingerprint density at radius 1 is 1.14 bits per heavy atom. The molecule has 1 atom stereocenters. The zero-order valence-electron chi connectivity index (χ0n) is 16.8. The topological polar surface area (TPSA) is 76.1 Å². The fraction of sp³-hybridized carbons (Fsp3) is 0.391. The number of amides is 1. The Kier molecular flexibility index (Phi) is 6.42. The molecule has 0 spiro atoms. The molecule has 1 unspecified atom stereocenters. The second-order valence-corrected chi connectivity index (χ2v) is 7.82. The van der Waals surface area contributed by atoms with Gasteiger partial charge < -0.3 is 19.5 Å². The van der Waals surface area contributed by atoms with Gasteiger partial charge in [0, 0.05) is 19.0 Å². The van der Waals surface area contributed by atoms with E-state index in [9.17, 15) is 14.7 Å². The van der Waals surface area contributed by atoms with Crippen LogP contribution < -0.4 is 4.74 Å². The summed E-state index contributed by atoms with van der Waals surface area (Å²) in [5.41, 5.74) is 0.683. The molecule has 154 valence electrons. The lowest BCUT2D eigenvalue weighted by Crippen LogP contribution is -2.39. The second-order valence-electron chi connectivity index (χ2n) is 7.82. The van der Waals surface area contributed by atoms with Crippen LogP contribution in [0, 0.1) is 0 Å². The van der Waals surface area contributed by atoms with Crippen LogP contribution in [0.4, 0.5) is 4.79 Å². The predicted molar refractivity (Wildman–Crippen MR) is 109 cm³/mol. The summed E-state index contributed by atoms with van der Waals surface area (Å²) in [6.07, 6.45) is 1.53. The molecule has 3 rings (SSSR count). The minimum Gasteiger partial charge on any atom is -0.478 e. The average molecular weight is 397 g/mol. The summed E-state index contributed by atoms with van der Waals surface area (Å²) in [5, 5.41) is 9.27. The number of rotatable bonds is 6. The summed E-state index contributed by atoms with van der Waals surface area (Å²) in [4.78, 5) is 25.5. The van der Waals surface area contributed by atoms with Gasteiger partial charge in [-0.2, -0.15) is 0 Å². The number of aliphatic carboxylic acids is 1. The van der Waals surface area contributed by atoms with E-state index in [1.807, 2.05) is 48.5 Å². The highest BCUT2D eigenvalue weighted by Crippen LogP contribution is 2.30. The number of piperidine rings is 1. The first-order chi connectivity index (χ1) is 13.8. The molecule has 0 saturated carbocycles. The standard InChI is InChI=1S/C23H27NO5/c1-23(2,21(25)26)29-20-12-6-10-18(14-20)19-11-7-13-24(15-19)22(27)28-16-17-8-4-3-5-9-17/h3-6,8-10,12,14,19H,7,11,13,15-16H2,1-2H3,(H,25,26). The van der Waals surface area contributed by atoms with Crippen LogP contribution in [0.5, 0.6) is 5.75 Å². The normalized spacial score (nSPS) is 16.9. The van der Waals surface area contributed by atoms with Crippen LogP contribution in [-0.4, -0.2) is 40.8 Å².